The number of amides is 1. The summed E-state index contributed by atoms with van der Waals surface area (Å²) in [6.07, 6.45) is 7.85. The van der Waals surface area contributed by atoms with Gasteiger partial charge in [-0.1, -0.05) is 25.3 Å². The normalized spacial score (nSPS) is 16.7. The van der Waals surface area contributed by atoms with Crippen molar-refractivity contribution < 1.29 is 4.79 Å². The zero-order valence-electron chi connectivity index (χ0n) is 11.2. The lowest BCUT2D eigenvalue weighted by Crippen LogP contribution is -2.36. The summed E-state index contributed by atoms with van der Waals surface area (Å²) in [5, 5.41) is 3.13. The Morgan fingerprint density at radius 2 is 2.11 bits per heavy atom. The number of aromatic nitrogens is 2. The molecule has 2 heterocycles. The lowest BCUT2D eigenvalue weighted by molar-refractivity contribution is 0.0925. The monoisotopic (exact) mass is 257 g/mol. The second kappa shape index (κ2) is 5.03. The first-order valence-corrected chi connectivity index (χ1v) is 7.00. The van der Waals surface area contributed by atoms with Gasteiger partial charge in [-0.05, 0) is 31.9 Å². The maximum absolute atomic E-state index is 12.4. The highest BCUT2D eigenvalue weighted by Crippen LogP contribution is 2.19. The van der Waals surface area contributed by atoms with Crippen molar-refractivity contribution >= 4 is 11.4 Å². The number of fused-ring (bicyclic) bond motifs is 1. The van der Waals surface area contributed by atoms with E-state index in [1.165, 1.54) is 19.3 Å². The third-order valence-electron chi connectivity index (χ3n) is 3.88. The molecule has 3 rings (SSSR count). The standard InChI is InChI=1S/C15H19N3O/c1-11-16-14(13-9-5-6-10-18(11)13)15(19)17-12-7-3-2-4-8-12/h5-6,9-10,12H,2-4,7-8H2,1H3,(H,17,19). The first kappa shape index (κ1) is 12.2. The summed E-state index contributed by atoms with van der Waals surface area (Å²) in [5.74, 6) is 0.813. The zero-order chi connectivity index (χ0) is 13.2. The fourth-order valence-electron chi connectivity index (χ4n) is 2.86. The number of imidazole rings is 1. The number of hydrogen-bond donors (Lipinski definition) is 1. The molecule has 1 N–H and O–H groups in total. The van der Waals surface area contributed by atoms with Crippen LogP contribution in [0.25, 0.3) is 5.52 Å². The Hall–Kier alpha value is -1.84. The minimum atomic E-state index is -0.0382. The summed E-state index contributed by atoms with van der Waals surface area (Å²) < 4.78 is 1.95. The van der Waals surface area contributed by atoms with Crippen LogP contribution >= 0.6 is 0 Å². The molecular formula is C15H19N3O. The van der Waals surface area contributed by atoms with Gasteiger partial charge in [-0.25, -0.2) is 4.98 Å². The minimum Gasteiger partial charge on any atom is -0.348 e. The number of pyridine rings is 1. The molecule has 1 saturated carbocycles. The van der Waals surface area contributed by atoms with Crippen LogP contribution in [0.15, 0.2) is 24.4 Å². The molecule has 0 aliphatic heterocycles. The molecule has 0 saturated heterocycles. The Kier molecular flexibility index (Phi) is 3.23. The van der Waals surface area contributed by atoms with Crippen molar-refractivity contribution in [2.75, 3.05) is 0 Å². The van der Waals surface area contributed by atoms with E-state index in [4.69, 9.17) is 0 Å². The smallest absolute Gasteiger partial charge is 0.272 e. The van der Waals surface area contributed by atoms with E-state index in [-0.39, 0.29) is 5.91 Å². The molecule has 1 amide bonds. The van der Waals surface area contributed by atoms with Crippen molar-refractivity contribution in [3.8, 4) is 0 Å². The van der Waals surface area contributed by atoms with E-state index in [0.29, 0.717) is 11.7 Å². The van der Waals surface area contributed by atoms with Crippen molar-refractivity contribution in [2.24, 2.45) is 0 Å². The van der Waals surface area contributed by atoms with Crippen LogP contribution < -0.4 is 5.32 Å². The molecule has 0 aromatic carbocycles. The van der Waals surface area contributed by atoms with Gasteiger partial charge in [-0.3, -0.25) is 4.79 Å². The molecule has 0 unspecified atom stereocenters. The average Bonchev–Trinajstić information content (AvgIpc) is 2.78. The molecule has 1 aliphatic rings. The molecular weight excluding hydrogens is 238 g/mol. The molecule has 4 heteroatoms. The molecule has 0 bridgehead atoms. The molecule has 1 fully saturated rings. The fraction of sp³-hybridized carbons (Fsp3) is 0.467. The molecule has 19 heavy (non-hydrogen) atoms. The molecule has 4 nitrogen and oxygen atoms in total. The predicted octanol–water partition coefficient (Wildman–Crippen LogP) is 2.71. The van der Waals surface area contributed by atoms with Crippen molar-refractivity contribution in [3.05, 3.63) is 35.9 Å². The van der Waals surface area contributed by atoms with Gasteiger partial charge < -0.3 is 9.72 Å². The number of carbonyl (C=O) groups is 1. The maximum atomic E-state index is 12.4. The van der Waals surface area contributed by atoms with Gasteiger partial charge in [0.2, 0.25) is 0 Å². The zero-order valence-corrected chi connectivity index (χ0v) is 11.2. The lowest BCUT2D eigenvalue weighted by Gasteiger charge is -2.22. The summed E-state index contributed by atoms with van der Waals surface area (Å²) in [5.41, 5.74) is 1.43. The molecule has 100 valence electrons. The summed E-state index contributed by atoms with van der Waals surface area (Å²) in [4.78, 5) is 16.8. The molecule has 2 aromatic rings. The van der Waals surface area contributed by atoms with Crippen LogP contribution in [0.1, 0.15) is 48.4 Å². The fourth-order valence-corrected chi connectivity index (χ4v) is 2.86. The number of rotatable bonds is 2. The second-order valence-electron chi connectivity index (χ2n) is 5.27. The summed E-state index contributed by atoms with van der Waals surface area (Å²) >= 11 is 0. The third kappa shape index (κ3) is 2.35. The van der Waals surface area contributed by atoms with Crippen LogP contribution in [0, 0.1) is 6.92 Å². The van der Waals surface area contributed by atoms with Crippen LogP contribution in [0.4, 0.5) is 0 Å². The van der Waals surface area contributed by atoms with Crippen molar-refractivity contribution in [3.63, 3.8) is 0 Å². The van der Waals surface area contributed by atoms with Gasteiger partial charge in [0.25, 0.3) is 5.91 Å². The summed E-state index contributed by atoms with van der Waals surface area (Å²) in [6, 6.07) is 6.15. The molecule has 0 spiro atoms. The van der Waals surface area contributed by atoms with Gasteiger partial charge in [0.15, 0.2) is 5.69 Å². The van der Waals surface area contributed by atoms with E-state index in [0.717, 1.165) is 24.2 Å². The Balaban J connectivity index is 1.85. The maximum Gasteiger partial charge on any atom is 0.272 e. The second-order valence-corrected chi connectivity index (χ2v) is 5.27. The quantitative estimate of drug-likeness (QED) is 0.899. The number of carbonyl (C=O) groups excluding carboxylic acids is 1. The molecule has 0 radical (unpaired) electrons. The van der Waals surface area contributed by atoms with Gasteiger partial charge in [-0.15, -0.1) is 0 Å². The number of aryl methyl sites for hydroxylation is 1. The number of hydrogen-bond acceptors (Lipinski definition) is 2. The van der Waals surface area contributed by atoms with Crippen LogP contribution in [-0.4, -0.2) is 21.3 Å². The molecule has 0 atom stereocenters. The molecule has 1 aliphatic carbocycles. The van der Waals surface area contributed by atoms with Gasteiger partial charge in [0, 0.05) is 12.2 Å². The highest BCUT2D eigenvalue weighted by atomic mass is 16.2. The van der Waals surface area contributed by atoms with E-state index in [1.807, 2.05) is 35.7 Å². The Labute approximate surface area is 112 Å². The summed E-state index contributed by atoms with van der Waals surface area (Å²) in [6.45, 7) is 1.92. The lowest BCUT2D eigenvalue weighted by atomic mass is 9.95. The van der Waals surface area contributed by atoms with E-state index < -0.39 is 0 Å². The first-order chi connectivity index (χ1) is 9.25. The predicted molar refractivity (Wildman–Crippen MR) is 74.3 cm³/mol. The van der Waals surface area contributed by atoms with Gasteiger partial charge in [0.1, 0.15) is 5.82 Å². The Bertz CT molecular complexity index is 596. The van der Waals surface area contributed by atoms with E-state index in [9.17, 15) is 4.79 Å². The number of nitrogens with one attached hydrogen (secondary N) is 1. The van der Waals surface area contributed by atoms with Crippen molar-refractivity contribution in [1.29, 1.82) is 0 Å². The first-order valence-electron chi connectivity index (χ1n) is 7.00. The van der Waals surface area contributed by atoms with Crippen LogP contribution in [-0.2, 0) is 0 Å². The Morgan fingerprint density at radius 3 is 2.89 bits per heavy atom. The van der Waals surface area contributed by atoms with Gasteiger partial charge in [0.05, 0.1) is 5.52 Å². The highest BCUT2D eigenvalue weighted by Gasteiger charge is 2.20. The van der Waals surface area contributed by atoms with Crippen molar-refractivity contribution in [2.45, 2.75) is 45.1 Å². The Morgan fingerprint density at radius 1 is 1.32 bits per heavy atom. The SMILES string of the molecule is Cc1nc(C(=O)NC2CCCCC2)c2ccccn12. The highest BCUT2D eigenvalue weighted by molar-refractivity contribution is 5.99. The van der Waals surface area contributed by atoms with Crippen LogP contribution in [0.3, 0.4) is 0 Å². The van der Waals surface area contributed by atoms with Crippen LogP contribution in [0.2, 0.25) is 0 Å². The van der Waals surface area contributed by atoms with E-state index in [2.05, 4.69) is 10.3 Å². The third-order valence-corrected chi connectivity index (χ3v) is 3.88. The summed E-state index contributed by atoms with van der Waals surface area (Å²) in [7, 11) is 0. The largest absolute Gasteiger partial charge is 0.348 e. The van der Waals surface area contributed by atoms with E-state index >= 15 is 0 Å². The van der Waals surface area contributed by atoms with E-state index in [1.54, 1.807) is 0 Å². The minimum absolute atomic E-state index is 0.0382. The van der Waals surface area contributed by atoms with Gasteiger partial charge >= 0.3 is 0 Å². The topological polar surface area (TPSA) is 46.4 Å². The van der Waals surface area contributed by atoms with Gasteiger partial charge in [-0.2, -0.15) is 0 Å². The molecule has 2 aromatic heterocycles. The van der Waals surface area contributed by atoms with Crippen LogP contribution in [0.5, 0.6) is 0 Å². The average molecular weight is 257 g/mol. The van der Waals surface area contributed by atoms with Crippen molar-refractivity contribution in [1.82, 2.24) is 14.7 Å². The number of nitrogens with zero attached hydrogens (tertiary/aromatic N) is 2.